The molecule has 1 aromatic rings. The van der Waals surface area contributed by atoms with E-state index in [9.17, 15) is 0 Å². The Hall–Kier alpha value is -0.700. The van der Waals surface area contributed by atoms with Gasteiger partial charge < -0.3 is 10.1 Å². The van der Waals surface area contributed by atoms with Crippen LogP contribution >= 0.6 is 23.2 Å². The van der Waals surface area contributed by atoms with Crippen molar-refractivity contribution in [2.75, 3.05) is 13.2 Å². The van der Waals surface area contributed by atoms with Crippen LogP contribution in [0.5, 0.6) is 5.75 Å². The van der Waals surface area contributed by atoms with Gasteiger partial charge in [-0.1, -0.05) is 36.2 Å². The molecule has 1 N–H and O–H groups in total. The van der Waals surface area contributed by atoms with Crippen LogP contribution in [0.3, 0.4) is 0 Å². The van der Waals surface area contributed by atoms with E-state index in [-0.39, 0.29) is 0 Å². The Morgan fingerprint density at radius 1 is 1.35 bits per heavy atom. The van der Waals surface area contributed by atoms with E-state index in [1.54, 1.807) is 0 Å². The molecule has 0 heterocycles. The largest absolute Gasteiger partial charge is 0.490 e. The summed E-state index contributed by atoms with van der Waals surface area (Å²) in [6.45, 7) is 7.76. The number of hydrogen-bond acceptors (Lipinski definition) is 2. The van der Waals surface area contributed by atoms with Crippen LogP contribution in [0.25, 0.3) is 0 Å². The van der Waals surface area contributed by atoms with Crippen molar-refractivity contribution in [2.45, 2.75) is 19.9 Å². The molecule has 0 unspecified atom stereocenters. The Balaban J connectivity index is 2.74. The van der Waals surface area contributed by atoms with Crippen LogP contribution in [0.4, 0.5) is 0 Å². The Labute approximate surface area is 113 Å². The first-order chi connectivity index (χ1) is 8.19. The molecule has 94 valence electrons. The molecule has 0 radical (unpaired) electrons. The molecule has 0 aliphatic rings. The third-order valence-corrected chi connectivity index (χ3v) is 2.69. The van der Waals surface area contributed by atoms with E-state index >= 15 is 0 Å². The quantitative estimate of drug-likeness (QED) is 0.598. The monoisotopic (exact) mass is 273 g/mol. The van der Waals surface area contributed by atoms with Gasteiger partial charge in [0.1, 0.15) is 0 Å². The maximum Gasteiger partial charge on any atom is 0.156 e. The lowest BCUT2D eigenvalue weighted by Gasteiger charge is -2.11. The fraction of sp³-hybridized carbons (Fsp3) is 0.385. The minimum Gasteiger partial charge on any atom is -0.490 e. The highest BCUT2D eigenvalue weighted by Crippen LogP contribution is 2.34. The maximum absolute atomic E-state index is 6.13. The van der Waals surface area contributed by atoms with Crippen LogP contribution in [-0.4, -0.2) is 13.2 Å². The lowest BCUT2D eigenvalue weighted by molar-refractivity contribution is 0.317. The second-order valence-corrected chi connectivity index (χ2v) is 4.47. The number of rotatable bonds is 7. The topological polar surface area (TPSA) is 21.3 Å². The van der Waals surface area contributed by atoms with Gasteiger partial charge in [-0.3, -0.25) is 0 Å². The molecular weight excluding hydrogens is 257 g/mol. The van der Waals surface area contributed by atoms with Gasteiger partial charge in [0.15, 0.2) is 5.75 Å². The molecular formula is C13H17Cl2NO. The minimum atomic E-state index is 0.557. The first-order valence-corrected chi connectivity index (χ1v) is 6.37. The molecule has 17 heavy (non-hydrogen) atoms. The van der Waals surface area contributed by atoms with Crippen molar-refractivity contribution < 1.29 is 4.74 Å². The summed E-state index contributed by atoms with van der Waals surface area (Å²) in [7, 11) is 0. The number of ether oxygens (including phenoxy) is 1. The van der Waals surface area contributed by atoms with Gasteiger partial charge in [-0.2, -0.15) is 0 Å². The van der Waals surface area contributed by atoms with Gasteiger partial charge in [0, 0.05) is 13.1 Å². The summed E-state index contributed by atoms with van der Waals surface area (Å²) in [5, 5.41) is 4.31. The van der Waals surface area contributed by atoms with E-state index in [0.717, 1.165) is 18.5 Å². The van der Waals surface area contributed by atoms with Gasteiger partial charge in [-0.05, 0) is 24.1 Å². The van der Waals surface area contributed by atoms with Gasteiger partial charge >= 0.3 is 0 Å². The van der Waals surface area contributed by atoms with E-state index in [1.807, 2.05) is 25.1 Å². The number of hydrogen-bond donors (Lipinski definition) is 1. The maximum atomic E-state index is 6.13. The molecule has 0 amide bonds. The van der Waals surface area contributed by atoms with Crippen molar-refractivity contribution in [2.24, 2.45) is 0 Å². The lowest BCUT2D eigenvalue weighted by Crippen LogP contribution is -2.12. The smallest absolute Gasteiger partial charge is 0.156 e. The number of nitrogens with one attached hydrogen (secondary N) is 1. The molecule has 0 atom stereocenters. The first kappa shape index (κ1) is 14.4. The standard InChI is InChI=1S/C13H17Cl2NO/c1-3-5-16-9-10-7-11(14)13(12(15)8-10)17-6-4-2/h3,7-8,16H,1,4-6,9H2,2H3. The van der Waals surface area contributed by atoms with Gasteiger partial charge in [0.2, 0.25) is 0 Å². The Morgan fingerprint density at radius 2 is 2.00 bits per heavy atom. The van der Waals surface area contributed by atoms with E-state index in [2.05, 4.69) is 11.9 Å². The van der Waals surface area contributed by atoms with Crippen molar-refractivity contribution >= 4 is 23.2 Å². The Bertz CT molecular complexity index is 357. The highest BCUT2D eigenvalue weighted by molar-refractivity contribution is 6.37. The number of benzene rings is 1. The summed E-state index contributed by atoms with van der Waals surface area (Å²) in [6.07, 6.45) is 2.73. The van der Waals surface area contributed by atoms with E-state index in [4.69, 9.17) is 27.9 Å². The van der Waals surface area contributed by atoms with Crippen LogP contribution in [0.2, 0.25) is 10.0 Å². The Kier molecular flexibility index (Phi) is 6.41. The summed E-state index contributed by atoms with van der Waals surface area (Å²) >= 11 is 12.3. The molecule has 0 aromatic heterocycles. The molecule has 4 heteroatoms. The van der Waals surface area contributed by atoms with E-state index in [0.29, 0.717) is 28.9 Å². The van der Waals surface area contributed by atoms with Crippen molar-refractivity contribution in [3.8, 4) is 5.75 Å². The molecule has 0 aliphatic heterocycles. The number of halogens is 2. The van der Waals surface area contributed by atoms with E-state index in [1.165, 1.54) is 0 Å². The Morgan fingerprint density at radius 3 is 2.53 bits per heavy atom. The van der Waals surface area contributed by atoms with Crippen molar-refractivity contribution in [1.82, 2.24) is 5.32 Å². The van der Waals surface area contributed by atoms with Crippen molar-refractivity contribution in [3.05, 3.63) is 40.4 Å². The van der Waals surface area contributed by atoms with Gasteiger partial charge in [-0.15, -0.1) is 6.58 Å². The fourth-order valence-corrected chi connectivity index (χ4v) is 2.02. The minimum absolute atomic E-state index is 0.557. The zero-order valence-electron chi connectivity index (χ0n) is 9.93. The van der Waals surface area contributed by atoms with Gasteiger partial charge in [-0.25, -0.2) is 0 Å². The predicted molar refractivity (Wildman–Crippen MR) is 74.2 cm³/mol. The summed E-state index contributed by atoms with van der Waals surface area (Å²) in [5.41, 5.74) is 1.03. The summed E-state index contributed by atoms with van der Waals surface area (Å²) in [6, 6.07) is 3.74. The third kappa shape index (κ3) is 4.58. The highest BCUT2D eigenvalue weighted by atomic mass is 35.5. The highest BCUT2D eigenvalue weighted by Gasteiger charge is 2.09. The van der Waals surface area contributed by atoms with Crippen LogP contribution in [0.15, 0.2) is 24.8 Å². The van der Waals surface area contributed by atoms with Crippen LogP contribution < -0.4 is 10.1 Å². The molecule has 0 bridgehead atoms. The van der Waals surface area contributed by atoms with Crippen LogP contribution in [-0.2, 0) is 6.54 Å². The molecule has 0 saturated carbocycles. The lowest BCUT2D eigenvalue weighted by atomic mass is 10.2. The van der Waals surface area contributed by atoms with Crippen molar-refractivity contribution in [1.29, 1.82) is 0 Å². The molecule has 1 aromatic carbocycles. The molecule has 0 spiro atoms. The second-order valence-electron chi connectivity index (χ2n) is 3.66. The fourth-order valence-electron chi connectivity index (χ4n) is 1.38. The normalized spacial score (nSPS) is 10.3. The van der Waals surface area contributed by atoms with Gasteiger partial charge in [0.05, 0.1) is 16.7 Å². The molecule has 1 rings (SSSR count). The zero-order valence-corrected chi connectivity index (χ0v) is 11.4. The van der Waals surface area contributed by atoms with E-state index < -0.39 is 0 Å². The second kappa shape index (κ2) is 7.59. The first-order valence-electron chi connectivity index (χ1n) is 5.61. The molecule has 0 fully saturated rings. The van der Waals surface area contributed by atoms with Crippen LogP contribution in [0, 0.1) is 0 Å². The summed E-state index contributed by atoms with van der Waals surface area (Å²) < 4.78 is 5.50. The van der Waals surface area contributed by atoms with Crippen LogP contribution in [0.1, 0.15) is 18.9 Å². The predicted octanol–water partition coefficient (Wildman–Crippen LogP) is 4.06. The molecule has 0 aliphatic carbocycles. The van der Waals surface area contributed by atoms with Crippen molar-refractivity contribution in [3.63, 3.8) is 0 Å². The SMILES string of the molecule is C=CCNCc1cc(Cl)c(OCCC)c(Cl)c1. The third-order valence-electron chi connectivity index (χ3n) is 2.13. The zero-order chi connectivity index (χ0) is 12.7. The van der Waals surface area contributed by atoms with Gasteiger partial charge in [0.25, 0.3) is 0 Å². The summed E-state index contributed by atoms with van der Waals surface area (Å²) in [4.78, 5) is 0. The average Bonchev–Trinajstić information content (AvgIpc) is 2.28. The molecule has 2 nitrogen and oxygen atoms in total. The average molecular weight is 274 g/mol. The molecule has 0 saturated heterocycles. The summed E-state index contributed by atoms with van der Waals surface area (Å²) in [5.74, 6) is 0.572.